The zero-order chi connectivity index (χ0) is 29.3. The van der Waals surface area contributed by atoms with Crippen LogP contribution in [0.5, 0.6) is 5.75 Å². The molecule has 1 saturated heterocycles. The van der Waals surface area contributed by atoms with Crippen LogP contribution in [0.4, 0.5) is 8.78 Å². The van der Waals surface area contributed by atoms with Crippen LogP contribution in [0.3, 0.4) is 0 Å². The summed E-state index contributed by atoms with van der Waals surface area (Å²) in [6.45, 7) is 6.72. The number of ether oxygens (including phenoxy) is 1. The second kappa shape index (κ2) is 11.6. The molecular formula is C32H30F2N2O5. The highest BCUT2D eigenvalue weighted by Crippen LogP contribution is 2.31. The van der Waals surface area contributed by atoms with Gasteiger partial charge in [0.2, 0.25) is 5.91 Å². The Bertz CT molecular complexity index is 1610. The van der Waals surface area contributed by atoms with Crippen molar-refractivity contribution in [3.8, 4) is 5.75 Å². The molecule has 41 heavy (non-hydrogen) atoms. The van der Waals surface area contributed by atoms with Crippen LogP contribution in [0.1, 0.15) is 40.8 Å². The van der Waals surface area contributed by atoms with Gasteiger partial charge in [0.25, 0.3) is 0 Å². The number of esters is 1. The first-order valence-electron chi connectivity index (χ1n) is 13.4. The summed E-state index contributed by atoms with van der Waals surface area (Å²) in [6.07, 6.45) is -0.103. The first-order valence-corrected chi connectivity index (χ1v) is 13.4. The molecule has 0 saturated carbocycles. The van der Waals surface area contributed by atoms with Crippen LogP contribution in [0.2, 0.25) is 0 Å². The van der Waals surface area contributed by atoms with E-state index in [-0.39, 0.29) is 30.0 Å². The van der Waals surface area contributed by atoms with E-state index in [4.69, 9.17) is 9.15 Å². The van der Waals surface area contributed by atoms with Gasteiger partial charge in [0, 0.05) is 44.1 Å². The molecule has 4 aromatic rings. The number of fused-ring (bicyclic) bond motifs is 1. The normalized spacial score (nSPS) is 14.0. The van der Waals surface area contributed by atoms with Crippen LogP contribution in [-0.2, 0) is 16.0 Å². The van der Waals surface area contributed by atoms with Crippen molar-refractivity contribution in [3.05, 3.63) is 111 Å². The van der Waals surface area contributed by atoms with Gasteiger partial charge in [-0.3, -0.25) is 14.5 Å². The summed E-state index contributed by atoms with van der Waals surface area (Å²) in [5, 5.41) is 0.673. The van der Waals surface area contributed by atoms with E-state index in [1.807, 2.05) is 0 Å². The van der Waals surface area contributed by atoms with Gasteiger partial charge in [-0.1, -0.05) is 24.3 Å². The average Bonchev–Trinajstić information content (AvgIpc) is 2.95. The van der Waals surface area contributed by atoms with Gasteiger partial charge >= 0.3 is 11.6 Å². The molecule has 1 aromatic heterocycles. The van der Waals surface area contributed by atoms with Crippen LogP contribution in [0.15, 0.2) is 69.9 Å². The van der Waals surface area contributed by atoms with Crippen molar-refractivity contribution in [2.45, 2.75) is 33.2 Å². The number of carbonyl (C=O) groups excluding carboxylic acids is 2. The number of halogens is 2. The van der Waals surface area contributed by atoms with Crippen molar-refractivity contribution in [1.29, 1.82) is 0 Å². The molecule has 2 heterocycles. The minimum atomic E-state index is -0.599. The van der Waals surface area contributed by atoms with Crippen molar-refractivity contribution in [1.82, 2.24) is 9.80 Å². The largest absolute Gasteiger partial charge is 0.426 e. The fourth-order valence-electron chi connectivity index (χ4n) is 5.44. The molecule has 1 aliphatic heterocycles. The molecule has 7 nitrogen and oxygen atoms in total. The molecule has 0 atom stereocenters. The molecule has 1 fully saturated rings. The Morgan fingerprint density at radius 3 is 1.95 bits per heavy atom. The topological polar surface area (TPSA) is 80.1 Å². The number of hydrogen-bond acceptors (Lipinski definition) is 6. The van der Waals surface area contributed by atoms with Crippen LogP contribution in [0, 0.1) is 25.5 Å². The summed E-state index contributed by atoms with van der Waals surface area (Å²) in [5.74, 6) is -1.02. The summed E-state index contributed by atoms with van der Waals surface area (Å²) >= 11 is 0. The van der Waals surface area contributed by atoms with Crippen molar-refractivity contribution in [3.63, 3.8) is 0 Å². The lowest BCUT2D eigenvalue weighted by molar-refractivity contribution is -0.133. The van der Waals surface area contributed by atoms with Crippen molar-refractivity contribution in [2.75, 3.05) is 26.2 Å². The van der Waals surface area contributed by atoms with E-state index in [0.717, 1.165) is 11.1 Å². The molecular weight excluding hydrogens is 530 g/mol. The third-order valence-electron chi connectivity index (χ3n) is 7.64. The van der Waals surface area contributed by atoms with Gasteiger partial charge in [0.1, 0.15) is 23.0 Å². The lowest BCUT2D eigenvalue weighted by atomic mass is 9.96. The molecule has 0 bridgehead atoms. The zero-order valence-corrected chi connectivity index (χ0v) is 23.1. The summed E-state index contributed by atoms with van der Waals surface area (Å²) in [7, 11) is 0. The second-order valence-corrected chi connectivity index (χ2v) is 10.3. The van der Waals surface area contributed by atoms with E-state index in [1.54, 1.807) is 55.1 Å². The van der Waals surface area contributed by atoms with Crippen LogP contribution in [0.25, 0.3) is 11.0 Å². The molecule has 3 aromatic carbocycles. The monoisotopic (exact) mass is 560 g/mol. The molecule has 1 aliphatic rings. The highest BCUT2D eigenvalue weighted by Gasteiger charge is 2.29. The molecule has 0 aliphatic carbocycles. The Morgan fingerprint density at radius 2 is 1.41 bits per heavy atom. The maximum atomic E-state index is 13.6. The summed E-state index contributed by atoms with van der Waals surface area (Å²) < 4.78 is 38.1. The van der Waals surface area contributed by atoms with Crippen molar-refractivity contribution >= 4 is 22.8 Å². The lowest BCUT2D eigenvalue weighted by Gasteiger charge is -2.40. The van der Waals surface area contributed by atoms with E-state index in [2.05, 4.69) is 4.90 Å². The van der Waals surface area contributed by atoms with E-state index in [1.165, 1.54) is 31.2 Å². The van der Waals surface area contributed by atoms with E-state index in [0.29, 0.717) is 59.6 Å². The van der Waals surface area contributed by atoms with E-state index >= 15 is 0 Å². The number of nitrogens with zero attached hydrogens (tertiary/aromatic N) is 2. The third kappa shape index (κ3) is 5.90. The van der Waals surface area contributed by atoms with Gasteiger partial charge in [-0.2, -0.15) is 0 Å². The lowest BCUT2D eigenvalue weighted by Crippen LogP contribution is -2.50. The fourth-order valence-corrected chi connectivity index (χ4v) is 5.44. The van der Waals surface area contributed by atoms with Crippen LogP contribution in [-0.4, -0.2) is 47.9 Å². The Hall–Kier alpha value is -4.37. The summed E-state index contributed by atoms with van der Waals surface area (Å²) in [6, 6.07) is 15.6. The SMILES string of the molecule is CC(=O)Oc1ccc2c(C)c(CC(=O)N3CCN(C(c4ccc(F)cc4)c4ccc(F)cc4)CC3)c(=O)oc2c1C. The number of aryl methyl sites for hydroxylation is 2. The average molecular weight is 561 g/mol. The number of piperazine rings is 1. The second-order valence-electron chi connectivity index (χ2n) is 10.3. The number of rotatable bonds is 6. The minimum Gasteiger partial charge on any atom is -0.426 e. The zero-order valence-electron chi connectivity index (χ0n) is 23.1. The Balaban J connectivity index is 1.33. The van der Waals surface area contributed by atoms with Crippen LogP contribution < -0.4 is 10.4 Å². The molecule has 1 amide bonds. The molecule has 0 unspecified atom stereocenters. The minimum absolute atomic E-state index is 0.103. The predicted octanol–water partition coefficient (Wildman–Crippen LogP) is 5.09. The first-order chi connectivity index (χ1) is 19.6. The maximum Gasteiger partial charge on any atom is 0.340 e. The highest BCUT2D eigenvalue weighted by molar-refractivity contribution is 5.88. The predicted molar refractivity (Wildman–Crippen MR) is 150 cm³/mol. The highest BCUT2D eigenvalue weighted by atomic mass is 19.1. The number of carbonyl (C=O) groups is 2. The molecule has 0 spiro atoms. The number of hydrogen-bond donors (Lipinski definition) is 0. The molecule has 5 rings (SSSR count). The van der Waals surface area contributed by atoms with Gasteiger partial charge in [0.05, 0.1) is 18.0 Å². The summed E-state index contributed by atoms with van der Waals surface area (Å²) in [4.78, 5) is 41.6. The fraction of sp³-hybridized carbons (Fsp3) is 0.281. The Labute approximate surface area is 235 Å². The quantitative estimate of drug-likeness (QED) is 0.186. The van der Waals surface area contributed by atoms with Crippen LogP contribution >= 0.6 is 0 Å². The van der Waals surface area contributed by atoms with Gasteiger partial charge in [-0.25, -0.2) is 13.6 Å². The first kappa shape index (κ1) is 28.2. The van der Waals surface area contributed by atoms with Crippen molar-refractivity contribution in [2.24, 2.45) is 0 Å². The molecule has 9 heteroatoms. The maximum absolute atomic E-state index is 13.6. The van der Waals surface area contributed by atoms with E-state index < -0.39 is 11.6 Å². The number of benzene rings is 3. The summed E-state index contributed by atoms with van der Waals surface area (Å²) in [5.41, 5.74) is 2.93. The smallest absolute Gasteiger partial charge is 0.340 e. The van der Waals surface area contributed by atoms with E-state index in [9.17, 15) is 23.2 Å². The Kier molecular flexibility index (Phi) is 7.99. The molecule has 0 N–H and O–H groups in total. The Morgan fingerprint density at radius 1 is 0.854 bits per heavy atom. The number of amides is 1. The van der Waals surface area contributed by atoms with Gasteiger partial charge in [-0.15, -0.1) is 0 Å². The molecule has 0 radical (unpaired) electrons. The standard InChI is InChI=1S/C32H30F2N2O5/c1-19-26-12-13-28(40-21(3)37)20(2)31(26)41-32(39)27(19)18-29(38)35-14-16-36(17-15-35)30(22-4-8-24(33)9-5-22)23-6-10-25(34)11-7-23/h4-13,30H,14-18H2,1-3H3. The van der Waals surface area contributed by atoms with Gasteiger partial charge < -0.3 is 14.1 Å². The molecule has 212 valence electrons. The third-order valence-corrected chi connectivity index (χ3v) is 7.64. The van der Waals surface area contributed by atoms with Gasteiger partial charge in [-0.05, 0) is 66.9 Å². The van der Waals surface area contributed by atoms with Gasteiger partial charge in [0.15, 0.2) is 0 Å². The van der Waals surface area contributed by atoms with Crippen molar-refractivity contribution < 1.29 is 27.5 Å².